The van der Waals surface area contributed by atoms with E-state index in [1.54, 1.807) is 11.8 Å². The van der Waals surface area contributed by atoms with Crippen LogP contribution in [0, 0.1) is 6.92 Å². The van der Waals surface area contributed by atoms with Gasteiger partial charge < -0.3 is 21.0 Å². The predicted octanol–water partition coefficient (Wildman–Crippen LogP) is -1.26. The molecule has 0 spiro atoms. The highest BCUT2D eigenvalue weighted by atomic mass is 16.1. The Hall–Kier alpha value is -2.61. The van der Waals surface area contributed by atoms with Gasteiger partial charge in [-0.05, 0) is 31.2 Å². The van der Waals surface area contributed by atoms with Crippen LogP contribution in [0.25, 0.3) is 0 Å². The van der Waals surface area contributed by atoms with Gasteiger partial charge in [0.1, 0.15) is 5.69 Å². The monoisotopic (exact) mass is 316 g/mol. The second-order valence-corrected chi connectivity index (χ2v) is 5.90. The number of quaternary nitrogens is 1. The Morgan fingerprint density at radius 3 is 2.48 bits per heavy atom. The Labute approximate surface area is 134 Å². The second-order valence-electron chi connectivity index (χ2n) is 5.90. The number of anilines is 3. The maximum Gasteiger partial charge on any atom is 0.295 e. The molecule has 0 atom stereocenters. The highest BCUT2D eigenvalue weighted by Gasteiger charge is 2.16. The average Bonchev–Trinajstić information content (AvgIpc) is 2.57. The number of nitrogens with one attached hydrogen (secondary N) is 2. The van der Waals surface area contributed by atoms with Gasteiger partial charge in [0.25, 0.3) is 5.56 Å². The van der Waals surface area contributed by atoms with Gasteiger partial charge in [-0.3, -0.25) is 4.79 Å². The number of piperazine rings is 1. The minimum Gasteiger partial charge on any atom is -0.360 e. The fourth-order valence-corrected chi connectivity index (χ4v) is 2.60. The van der Waals surface area contributed by atoms with Gasteiger partial charge in [0.2, 0.25) is 5.95 Å². The number of rotatable bonds is 3. The lowest BCUT2D eigenvalue weighted by Gasteiger charge is -2.31. The molecule has 2 heterocycles. The summed E-state index contributed by atoms with van der Waals surface area (Å²) in [6.07, 6.45) is 0. The largest absolute Gasteiger partial charge is 0.360 e. The molecule has 4 N–H and O–H groups in total. The predicted molar refractivity (Wildman–Crippen MR) is 89.7 cm³/mol. The van der Waals surface area contributed by atoms with E-state index in [2.05, 4.69) is 39.6 Å². The molecule has 0 saturated carbocycles. The van der Waals surface area contributed by atoms with E-state index in [1.165, 1.54) is 5.69 Å². The summed E-state index contributed by atoms with van der Waals surface area (Å²) in [7, 11) is 2.22. The van der Waals surface area contributed by atoms with Gasteiger partial charge >= 0.3 is 0 Å². The molecule has 8 heteroatoms. The first kappa shape index (κ1) is 15.3. The molecular formula is C15H22N7O+. The third-order valence-corrected chi connectivity index (χ3v) is 4.16. The molecule has 1 aromatic carbocycles. The van der Waals surface area contributed by atoms with Crippen molar-refractivity contribution in [2.24, 2.45) is 0 Å². The Morgan fingerprint density at radius 1 is 1.17 bits per heavy atom. The van der Waals surface area contributed by atoms with Crippen LogP contribution < -0.4 is 26.5 Å². The van der Waals surface area contributed by atoms with E-state index in [0.29, 0.717) is 0 Å². The highest BCUT2D eigenvalue weighted by molar-refractivity contribution is 5.59. The first-order valence-electron chi connectivity index (χ1n) is 7.69. The molecule has 8 nitrogen and oxygen atoms in total. The molecule has 2 aromatic rings. The lowest BCUT2D eigenvalue weighted by atomic mass is 10.2. The summed E-state index contributed by atoms with van der Waals surface area (Å²) >= 11 is 0. The van der Waals surface area contributed by atoms with Gasteiger partial charge in [-0.1, -0.05) is 0 Å². The summed E-state index contributed by atoms with van der Waals surface area (Å²) < 4.78 is 0.972. The average molecular weight is 316 g/mol. The van der Waals surface area contributed by atoms with Crippen LogP contribution in [0.5, 0.6) is 0 Å². The van der Waals surface area contributed by atoms with Crippen LogP contribution in [0.4, 0.5) is 17.3 Å². The first-order chi connectivity index (χ1) is 11.0. The maximum atomic E-state index is 11.8. The quantitative estimate of drug-likeness (QED) is 0.612. The molecule has 1 aliphatic heterocycles. The third kappa shape index (κ3) is 3.26. The van der Waals surface area contributed by atoms with Crippen molar-refractivity contribution in [3.8, 4) is 0 Å². The van der Waals surface area contributed by atoms with E-state index >= 15 is 0 Å². The Morgan fingerprint density at radius 2 is 1.83 bits per heavy atom. The van der Waals surface area contributed by atoms with E-state index in [1.807, 2.05) is 12.1 Å². The van der Waals surface area contributed by atoms with Crippen molar-refractivity contribution in [2.75, 3.05) is 49.3 Å². The number of aryl methyl sites for hydroxylation is 1. The van der Waals surface area contributed by atoms with E-state index in [-0.39, 0.29) is 17.2 Å². The summed E-state index contributed by atoms with van der Waals surface area (Å²) in [5.41, 5.74) is 1.91. The van der Waals surface area contributed by atoms with Crippen LogP contribution >= 0.6 is 0 Å². The lowest BCUT2D eigenvalue weighted by molar-refractivity contribution is -0.880. The molecule has 1 fully saturated rings. The number of benzene rings is 1. The number of hydrogen-bond acceptors (Lipinski definition) is 6. The van der Waals surface area contributed by atoms with E-state index in [9.17, 15) is 4.79 Å². The zero-order chi connectivity index (χ0) is 16.4. The number of aromatic nitrogens is 3. The fraction of sp³-hybridized carbons (Fsp3) is 0.400. The van der Waals surface area contributed by atoms with Gasteiger partial charge in [-0.15, -0.1) is 10.2 Å². The Bertz CT molecular complexity index is 732. The van der Waals surface area contributed by atoms with E-state index in [0.717, 1.165) is 36.5 Å². The van der Waals surface area contributed by atoms with Crippen LogP contribution in [-0.4, -0.2) is 48.1 Å². The van der Waals surface area contributed by atoms with Crippen molar-refractivity contribution < 1.29 is 4.90 Å². The summed E-state index contributed by atoms with van der Waals surface area (Å²) in [5, 5.41) is 10.7. The van der Waals surface area contributed by atoms with E-state index < -0.39 is 0 Å². The van der Waals surface area contributed by atoms with Crippen molar-refractivity contribution in [2.45, 2.75) is 6.92 Å². The van der Waals surface area contributed by atoms with Crippen molar-refractivity contribution in [1.82, 2.24) is 14.9 Å². The van der Waals surface area contributed by atoms with E-state index in [4.69, 9.17) is 5.84 Å². The van der Waals surface area contributed by atoms with Crippen LogP contribution in [-0.2, 0) is 0 Å². The number of nitrogen functional groups attached to an aromatic ring is 1. The number of hydrogen-bond donors (Lipinski definition) is 3. The molecule has 0 aliphatic carbocycles. The Kier molecular flexibility index (Phi) is 4.16. The van der Waals surface area contributed by atoms with Gasteiger partial charge in [-0.25, -0.2) is 0 Å². The van der Waals surface area contributed by atoms with Crippen molar-refractivity contribution in [3.63, 3.8) is 0 Å². The zero-order valence-corrected chi connectivity index (χ0v) is 13.4. The zero-order valence-electron chi connectivity index (χ0n) is 13.4. The number of likely N-dealkylation sites (N-methyl/N-ethyl adjacent to an activating group) is 1. The molecule has 122 valence electrons. The Balaban J connectivity index is 1.73. The minimum atomic E-state index is -0.362. The van der Waals surface area contributed by atoms with Crippen molar-refractivity contribution in [1.29, 1.82) is 0 Å². The summed E-state index contributed by atoms with van der Waals surface area (Å²) in [4.78, 5) is 15.7. The van der Waals surface area contributed by atoms with Crippen LogP contribution in [0.3, 0.4) is 0 Å². The van der Waals surface area contributed by atoms with Gasteiger partial charge in [-0.2, -0.15) is 4.68 Å². The molecule has 0 unspecified atom stereocenters. The summed E-state index contributed by atoms with van der Waals surface area (Å²) in [5.74, 6) is 5.94. The molecule has 0 amide bonds. The molecule has 23 heavy (non-hydrogen) atoms. The first-order valence-corrected chi connectivity index (χ1v) is 7.69. The van der Waals surface area contributed by atoms with Crippen LogP contribution in [0.1, 0.15) is 5.69 Å². The summed E-state index contributed by atoms with van der Waals surface area (Å²) in [6.45, 7) is 6.00. The topological polar surface area (TPSA) is 93.5 Å². The molecular weight excluding hydrogens is 294 g/mol. The third-order valence-electron chi connectivity index (χ3n) is 4.16. The smallest absolute Gasteiger partial charge is 0.295 e. The van der Waals surface area contributed by atoms with Gasteiger partial charge in [0, 0.05) is 11.4 Å². The fourth-order valence-electron chi connectivity index (χ4n) is 2.60. The molecule has 1 aliphatic rings. The van der Waals surface area contributed by atoms with Crippen molar-refractivity contribution in [3.05, 3.63) is 40.3 Å². The maximum absolute atomic E-state index is 11.8. The molecule has 1 saturated heterocycles. The normalized spacial score (nSPS) is 15.7. The minimum absolute atomic E-state index is 0.219. The SMILES string of the molecule is Cc1nnc(Nc2ccc(N3CC[NH+](C)CC3)cc2)n(N)c1=O. The van der Waals surface area contributed by atoms with Gasteiger partial charge in [0.05, 0.1) is 33.2 Å². The standard InChI is InChI=1S/C15H21N7O/c1-11-14(23)22(16)15(19-18-11)17-12-3-5-13(6-4-12)21-9-7-20(2)8-10-21/h3-6H,7-10,16H2,1-2H3,(H,17,19)/p+1. The molecule has 3 rings (SSSR count). The molecule has 1 aromatic heterocycles. The highest BCUT2D eigenvalue weighted by Crippen LogP contribution is 2.19. The lowest BCUT2D eigenvalue weighted by Crippen LogP contribution is -3.12. The molecule has 0 radical (unpaired) electrons. The number of nitrogens with two attached hydrogens (primary N) is 1. The van der Waals surface area contributed by atoms with Crippen LogP contribution in [0.2, 0.25) is 0 Å². The summed E-state index contributed by atoms with van der Waals surface area (Å²) in [6, 6.07) is 8.02. The van der Waals surface area contributed by atoms with Crippen LogP contribution in [0.15, 0.2) is 29.1 Å². The molecule has 0 bridgehead atoms. The second kappa shape index (κ2) is 6.25. The van der Waals surface area contributed by atoms with Crippen molar-refractivity contribution >= 4 is 17.3 Å². The van der Waals surface area contributed by atoms with Gasteiger partial charge in [0.15, 0.2) is 0 Å². The number of nitrogens with zero attached hydrogens (tertiary/aromatic N) is 4.